The number of alkyl halides is 3. The summed E-state index contributed by atoms with van der Waals surface area (Å²) >= 11 is 0. The molecule has 1 heterocycles. The molecule has 0 aromatic carbocycles. The van der Waals surface area contributed by atoms with Crippen molar-refractivity contribution in [2.24, 2.45) is 44.8 Å². The second-order valence-corrected chi connectivity index (χ2v) is 16.1. The molecule has 6 rings (SSSR count). The minimum Gasteiger partial charge on any atom is -0.523 e. The fourth-order valence-electron chi connectivity index (χ4n) is 10.8. The maximum atomic E-state index is 14.6. The topological polar surface area (TPSA) is 80.6 Å². The molecule has 6 nitrogen and oxygen atoms in total. The number of allylic oxidation sites excluding steroid dienone is 4. The number of aromatic nitrogens is 2. The van der Waals surface area contributed by atoms with E-state index in [1.165, 1.54) is 0 Å². The summed E-state index contributed by atoms with van der Waals surface area (Å²) in [6, 6.07) is 0. The lowest BCUT2D eigenvalue weighted by molar-refractivity contribution is -0.161. The molecule has 0 radical (unpaired) electrons. The minimum absolute atomic E-state index is 0.0270. The van der Waals surface area contributed by atoms with Crippen LogP contribution in [0.25, 0.3) is 4.85 Å². The van der Waals surface area contributed by atoms with Crippen molar-refractivity contribution in [2.45, 2.75) is 111 Å². The molecule has 3 fully saturated rings. The third-order valence-electron chi connectivity index (χ3n) is 13.2. The van der Waals surface area contributed by atoms with Crippen LogP contribution in [0.15, 0.2) is 27.6 Å². The van der Waals surface area contributed by atoms with Gasteiger partial charge in [-0.05, 0) is 90.9 Å². The quantitative estimate of drug-likeness (QED) is 0.334. The van der Waals surface area contributed by atoms with Gasteiger partial charge >= 0.3 is 12.1 Å². The lowest BCUT2D eigenvalue weighted by Crippen LogP contribution is -2.65. The predicted octanol–water partition coefficient (Wildman–Crippen LogP) is 8.62. The standard InChI is InChI=1S/C33H42F3N3O3/c1-27(2)11-13-32(25-38-26(42-39-25)33(34,35)36)14-12-31(7)23(18(32)16-27)20(40)15-22-29(5)17-19(37-8)24(41)28(3,4)21(29)9-10-30(22,31)6/h15,18,21,23,41H,9-14,16-17H2,1-7H3/t18-,21-,23-,29-,30+,31+,32-/m0/s1. The largest absolute Gasteiger partial charge is 0.523 e. The number of aliphatic hydroxyl groups is 1. The molecule has 9 heteroatoms. The Labute approximate surface area is 246 Å². The normalized spacial score (nSPS) is 42.5. The summed E-state index contributed by atoms with van der Waals surface area (Å²) in [5.41, 5.74) is -1.25. The number of hydrogen-bond acceptors (Lipinski definition) is 5. The number of hydrogen-bond donors (Lipinski definition) is 1. The van der Waals surface area contributed by atoms with Crippen molar-refractivity contribution in [3.8, 4) is 0 Å². The predicted molar refractivity (Wildman–Crippen MR) is 150 cm³/mol. The molecule has 5 aliphatic rings. The van der Waals surface area contributed by atoms with Crippen LogP contribution >= 0.6 is 0 Å². The molecule has 0 amide bonds. The van der Waals surface area contributed by atoms with Crippen molar-refractivity contribution < 1.29 is 27.6 Å². The van der Waals surface area contributed by atoms with Crippen molar-refractivity contribution in [1.82, 2.24) is 10.1 Å². The molecule has 3 saturated carbocycles. The molecule has 1 N–H and O–H groups in total. The Hall–Kier alpha value is -2.63. The lowest BCUT2D eigenvalue weighted by Gasteiger charge is -2.69. The van der Waals surface area contributed by atoms with Crippen molar-refractivity contribution in [3.05, 3.63) is 46.2 Å². The zero-order valence-corrected chi connectivity index (χ0v) is 25.7. The van der Waals surface area contributed by atoms with Crippen LogP contribution in [-0.4, -0.2) is 21.0 Å². The van der Waals surface area contributed by atoms with Gasteiger partial charge in [0.25, 0.3) is 0 Å². The number of rotatable bonds is 1. The number of carbonyl (C=O) groups is 1. The van der Waals surface area contributed by atoms with E-state index in [1.54, 1.807) is 0 Å². The van der Waals surface area contributed by atoms with E-state index < -0.39 is 39.6 Å². The fourth-order valence-corrected chi connectivity index (χ4v) is 10.8. The van der Waals surface area contributed by atoms with Gasteiger partial charge in [0.15, 0.2) is 11.6 Å². The first-order valence-corrected chi connectivity index (χ1v) is 15.2. The van der Waals surface area contributed by atoms with E-state index in [0.29, 0.717) is 37.8 Å². The summed E-state index contributed by atoms with van der Waals surface area (Å²) in [6.07, 6.45) is 2.58. The molecule has 7 atom stereocenters. The summed E-state index contributed by atoms with van der Waals surface area (Å²) in [5, 5.41) is 15.0. The summed E-state index contributed by atoms with van der Waals surface area (Å²) in [4.78, 5) is 22.3. The van der Waals surface area contributed by atoms with Crippen molar-refractivity contribution >= 4 is 5.78 Å². The molecule has 0 saturated heterocycles. The Morgan fingerprint density at radius 2 is 1.71 bits per heavy atom. The minimum atomic E-state index is -4.73. The Balaban J connectivity index is 1.50. The molecular weight excluding hydrogens is 543 g/mol. The Morgan fingerprint density at radius 1 is 1.05 bits per heavy atom. The highest BCUT2D eigenvalue weighted by Gasteiger charge is 2.70. The number of fused-ring (bicyclic) bond motifs is 7. The van der Waals surface area contributed by atoms with Crippen LogP contribution in [-0.2, 0) is 16.4 Å². The second-order valence-electron chi connectivity index (χ2n) is 16.1. The van der Waals surface area contributed by atoms with Crippen molar-refractivity contribution in [3.63, 3.8) is 0 Å². The number of aliphatic hydroxyl groups excluding tert-OH is 1. The van der Waals surface area contributed by atoms with Crippen LogP contribution in [0, 0.1) is 51.4 Å². The van der Waals surface area contributed by atoms with Gasteiger partial charge in [0.2, 0.25) is 5.70 Å². The van der Waals surface area contributed by atoms with Gasteiger partial charge in [0.1, 0.15) is 5.76 Å². The zero-order chi connectivity index (χ0) is 30.9. The number of nitrogens with zero attached hydrogens (tertiary/aromatic N) is 3. The molecule has 1 aromatic rings. The van der Waals surface area contributed by atoms with Gasteiger partial charge in [-0.2, -0.15) is 18.2 Å². The molecule has 5 aliphatic carbocycles. The van der Waals surface area contributed by atoms with Crippen molar-refractivity contribution in [2.75, 3.05) is 0 Å². The third-order valence-corrected chi connectivity index (χ3v) is 13.2. The average Bonchev–Trinajstić information content (AvgIpc) is 3.39. The highest BCUT2D eigenvalue weighted by atomic mass is 19.4. The first kappa shape index (κ1) is 29.4. The lowest BCUT2D eigenvalue weighted by atomic mass is 9.34. The SMILES string of the molecule is [C-]#[N+]C1=C(O)C(C)(C)[C@@H]2CC[C@]3(C)C(=CC(=O)[C@@H]4[C@@H]5CC(C)(C)CC[C@]5(c5noc(C(F)(F)F)n5)CC[C@]43C)[C@@]2(C)C1. The Kier molecular flexibility index (Phi) is 5.96. The summed E-state index contributed by atoms with van der Waals surface area (Å²) in [5.74, 6) is -1.59. The monoisotopic (exact) mass is 585 g/mol. The molecule has 42 heavy (non-hydrogen) atoms. The van der Waals surface area contributed by atoms with Crippen LogP contribution in [0.3, 0.4) is 0 Å². The first-order chi connectivity index (χ1) is 19.3. The van der Waals surface area contributed by atoms with Gasteiger partial charge in [-0.1, -0.05) is 59.2 Å². The smallest absolute Gasteiger partial charge is 0.471 e. The summed E-state index contributed by atoms with van der Waals surface area (Å²) < 4.78 is 45.4. The number of carbonyl (C=O) groups excluding carboxylic acids is 1. The molecule has 0 spiro atoms. The van der Waals surface area contributed by atoms with Gasteiger partial charge in [0.05, 0.1) is 6.57 Å². The van der Waals surface area contributed by atoms with Crippen LogP contribution in [0.1, 0.15) is 112 Å². The molecule has 0 bridgehead atoms. The summed E-state index contributed by atoms with van der Waals surface area (Å²) in [6.45, 7) is 22.9. The van der Waals surface area contributed by atoms with Gasteiger partial charge in [-0.3, -0.25) is 4.79 Å². The van der Waals surface area contributed by atoms with E-state index in [9.17, 15) is 23.1 Å². The van der Waals surface area contributed by atoms with E-state index >= 15 is 0 Å². The van der Waals surface area contributed by atoms with E-state index in [2.05, 4.69) is 49.6 Å². The maximum absolute atomic E-state index is 14.6. The maximum Gasteiger partial charge on any atom is 0.471 e. The van der Waals surface area contributed by atoms with Crippen molar-refractivity contribution in [1.29, 1.82) is 0 Å². The van der Waals surface area contributed by atoms with Crippen LogP contribution in [0.4, 0.5) is 13.2 Å². The van der Waals surface area contributed by atoms with Crippen LogP contribution in [0.5, 0.6) is 0 Å². The van der Waals surface area contributed by atoms with E-state index in [-0.39, 0.29) is 40.0 Å². The number of halogens is 3. The van der Waals surface area contributed by atoms with Crippen LogP contribution in [0.2, 0.25) is 0 Å². The molecule has 1 aromatic heterocycles. The third kappa shape index (κ3) is 3.59. The highest BCUT2D eigenvalue weighted by Crippen LogP contribution is 2.75. The van der Waals surface area contributed by atoms with E-state index in [4.69, 9.17) is 11.1 Å². The molecule has 0 aliphatic heterocycles. The van der Waals surface area contributed by atoms with Gasteiger partial charge in [-0.15, -0.1) is 0 Å². The Bertz CT molecular complexity index is 1460. The first-order valence-electron chi connectivity index (χ1n) is 15.2. The zero-order valence-electron chi connectivity index (χ0n) is 25.7. The van der Waals surface area contributed by atoms with Gasteiger partial charge < -0.3 is 9.63 Å². The average molecular weight is 586 g/mol. The second kappa shape index (κ2) is 8.51. The fraction of sp³-hybridized carbons (Fsp3) is 0.758. The summed E-state index contributed by atoms with van der Waals surface area (Å²) in [7, 11) is 0. The Morgan fingerprint density at radius 3 is 2.33 bits per heavy atom. The molecular formula is C33H42F3N3O3. The van der Waals surface area contributed by atoms with Crippen LogP contribution < -0.4 is 0 Å². The van der Waals surface area contributed by atoms with Gasteiger partial charge in [0, 0.05) is 16.7 Å². The van der Waals surface area contributed by atoms with Gasteiger partial charge in [-0.25, -0.2) is 4.85 Å². The highest BCUT2D eigenvalue weighted by molar-refractivity contribution is 5.95. The molecule has 228 valence electrons. The van der Waals surface area contributed by atoms with E-state index in [1.807, 2.05) is 19.9 Å². The molecule has 0 unspecified atom stereocenters. The van der Waals surface area contributed by atoms with E-state index in [0.717, 1.165) is 24.8 Å². The number of ketones is 1.